The lowest BCUT2D eigenvalue weighted by Gasteiger charge is -2.31. The molecular weight excluding hydrogens is 237 g/mol. The van der Waals surface area contributed by atoms with Crippen LogP contribution in [0.3, 0.4) is 0 Å². The fourth-order valence-electron chi connectivity index (χ4n) is 1.30. The van der Waals surface area contributed by atoms with Gasteiger partial charge in [0.2, 0.25) is 0 Å². The van der Waals surface area contributed by atoms with Gasteiger partial charge in [-0.15, -0.1) is 0 Å². The molecule has 4 nitrogen and oxygen atoms in total. The molecule has 0 amide bonds. The molecule has 0 atom stereocenters. The number of para-hydroxylation sites is 1. The molecule has 0 saturated carbocycles. The van der Waals surface area contributed by atoms with Crippen molar-refractivity contribution in [2.75, 3.05) is 20.2 Å². The molecule has 100 valence electrons. The highest BCUT2D eigenvalue weighted by Gasteiger charge is 2.31. The van der Waals surface area contributed by atoms with Gasteiger partial charge in [0.05, 0.1) is 0 Å². The molecule has 0 aliphatic carbocycles. The standard InChI is InChI=1S/C13H18FNO3/c1-13(2,12(16)17)15(3)8-9-18-11-7-5-4-6-10(11)14/h4-7H,8-9H2,1-3H3,(H,16,17). The average molecular weight is 255 g/mol. The summed E-state index contributed by atoms with van der Waals surface area (Å²) < 4.78 is 18.5. The van der Waals surface area contributed by atoms with Crippen molar-refractivity contribution >= 4 is 5.97 Å². The molecule has 0 radical (unpaired) electrons. The Kier molecular flexibility index (Phi) is 4.67. The van der Waals surface area contributed by atoms with Crippen molar-refractivity contribution in [3.63, 3.8) is 0 Å². The predicted octanol–water partition coefficient (Wildman–Crippen LogP) is 2.00. The third-order valence-corrected chi connectivity index (χ3v) is 3.00. The molecule has 0 aromatic heterocycles. The molecule has 5 heteroatoms. The van der Waals surface area contributed by atoms with Gasteiger partial charge < -0.3 is 9.84 Å². The van der Waals surface area contributed by atoms with Crippen LogP contribution in [0.15, 0.2) is 24.3 Å². The summed E-state index contributed by atoms with van der Waals surface area (Å²) in [5, 5.41) is 9.03. The molecule has 0 spiro atoms. The van der Waals surface area contributed by atoms with E-state index in [1.807, 2.05) is 0 Å². The predicted molar refractivity (Wildman–Crippen MR) is 66.2 cm³/mol. The SMILES string of the molecule is CN(CCOc1ccccc1F)C(C)(C)C(=O)O. The second-order valence-electron chi connectivity index (χ2n) is 4.56. The average Bonchev–Trinajstić information content (AvgIpc) is 2.31. The maximum atomic E-state index is 13.2. The number of likely N-dealkylation sites (N-methyl/N-ethyl adjacent to an activating group) is 1. The fraction of sp³-hybridized carbons (Fsp3) is 0.462. The largest absolute Gasteiger partial charge is 0.489 e. The van der Waals surface area contributed by atoms with E-state index in [4.69, 9.17) is 9.84 Å². The Balaban J connectivity index is 2.48. The number of hydrogen-bond donors (Lipinski definition) is 1. The van der Waals surface area contributed by atoms with Crippen LogP contribution < -0.4 is 4.74 Å². The van der Waals surface area contributed by atoms with Gasteiger partial charge in [0.1, 0.15) is 12.1 Å². The van der Waals surface area contributed by atoms with Gasteiger partial charge in [0.25, 0.3) is 0 Å². The maximum absolute atomic E-state index is 13.2. The van der Waals surface area contributed by atoms with E-state index in [0.717, 1.165) is 0 Å². The lowest BCUT2D eigenvalue weighted by atomic mass is 10.0. The van der Waals surface area contributed by atoms with Gasteiger partial charge in [0.15, 0.2) is 11.6 Å². The van der Waals surface area contributed by atoms with E-state index in [2.05, 4.69) is 0 Å². The minimum Gasteiger partial charge on any atom is -0.489 e. The maximum Gasteiger partial charge on any atom is 0.323 e. The third kappa shape index (κ3) is 3.43. The minimum absolute atomic E-state index is 0.180. The molecule has 0 aliphatic rings. The van der Waals surface area contributed by atoms with E-state index < -0.39 is 17.3 Å². The zero-order chi connectivity index (χ0) is 13.8. The third-order valence-electron chi connectivity index (χ3n) is 3.00. The first-order valence-electron chi connectivity index (χ1n) is 5.67. The number of rotatable bonds is 6. The number of carboxylic acid groups (broad SMARTS) is 1. The van der Waals surface area contributed by atoms with Crippen molar-refractivity contribution in [3.05, 3.63) is 30.1 Å². The van der Waals surface area contributed by atoms with Gasteiger partial charge in [-0.25, -0.2) is 4.39 Å². The number of aliphatic carboxylic acids is 1. The molecule has 1 rings (SSSR count). The quantitative estimate of drug-likeness (QED) is 0.844. The van der Waals surface area contributed by atoms with Crippen LogP contribution in [0.2, 0.25) is 0 Å². The highest BCUT2D eigenvalue weighted by molar-refractivity contribution is 5.77. The Morgan fingerprint density at radius 3 is 2.61 bits per heavy atom. The van der Waals surface area contributed by atoms with E-state index >= 15 is 0 Å². The van der Waals surface area contributed by atoms with Gasteiger partial charge in [-0.2, -0.15) is 0 Å². The van der Waals surface area contributed by atoms with Crippen molar-refractivity contribution in [3.8, 4) is 5.75 Å². The number of carbonyl (C=O) groups is 1. The summed E-state index contributed by atoms with van der Waals surface area (Å²) in [5.41, 5.74) is -0.974. The highest BCUT2D eigenvalue weighted by Crippen LogP contribution is 2.16. The lowest BCUT2D eigenvalue weighted by molar-refractivity contribution is -0.148. The normalized spacial score (nSPS) is 11.6. The van der Waals surface area contributed by atoms with Crippen molar-refractivity contribution in [2.45, 2.75) is 19.4 Å². The Labute approximate surface area is 106 Å². The van der Waals surface area contributed by atoms with Crippen LogP contribution in [0, 0.1) is 5.82 Å². The first-order chi connectivity index (χ1) is 8.35. The molecule has 0 fully saturated rings. The Bertz CT molecular complexity index is 420. The van der Waals surface area contributed by atoms with Crippen molar-refractivity contribution < 1.29 is 19.0 Å². The number of carboxylic acids is 1. The molecule has 18 heavy (non-hydrogen) atoms. The van der Waals surface area contributed by atoms with Crippen LogP contribution in [0.25, 0.3) is 0 Å². The van der Waals surface area contributed by atoms with Crippen LogP contribution in [0.1, 0.15) is 13.8 Å². The summed E-state index contributed by atoms with van der Waals surface area (Å²) in [6, 6.07) is 6.13. The summed E-state index contributed by atoms with van der Waals surface area (Å²) in [5.74, 6) is -1.15. The van der Waals surface area contributed by atoms with Crippen molar-refractivity contribution in [1.82, 2.24) is 4.90 Å². The van der Waals surface area contributed by atoms with E-state index in [-0.39, 0.29) is 12.4 Å². The van der Waals surface area contributed by atoms with E-state index in [1.54, 1.807) is 37.9 Å². The smallest absolute Gasteiger partial charge is 0.323 e. The molecule has 0 unspecified atom stereocenters. The minimum atomic E-state index is -0.974. The van der Waals surface area contributed by atoms with Crippen LogP contribution in [-0.4, -0.2) is 41.7 Å². The summed E-state index contributed by atoms with van der Waals surface area (Å²) in [6.07, 6.45) is 0. The van der Waals surface area contributed by atoms with Crippen LogP contribution in [0.4, 0.5) is 4.39 Å². The summed E-state index contributed by atoms with van der Waals surface area (Å²) in [6.45, 7) is 3.85. The molecule has 0 aliphatic heterocycles. The zero-order valence-corrected chi connectivity index (χ0v) is 10.8. The summed E-state index contributed by atoms with van der Waals surface area (Å²) >= 11 is 0. The molecule has 0 heterocycles. The second-order valence-corrected chi connectivity index (χ2v) is 4.56. The van der Waals surface area contributed by atoms with Gasteiger partial charge in [0, 0.05) is 6.54 Å². The summed E-state index contributed by atoms with van der Waals surface area (Å²) in [4.78, 5) is 12.7. The topological polar surface area (TPSA) is 49.8 Å². The number of hydrogen-bond acceptors (Lipinski definition) is 3. The summed E-state index contributed by atoms with van der Waals surface area (Å²) in [7, 11) is 1.69. The fourth-order valence-corrected chi connectivity index (χ4v) is 1.30. The van der Waals surface area contributed by atoms with E-state index in [1.165, 1.54) is 12.1 Å². The number of benzene rings is 1. The number of ether oxygens (including phenoxy) is 1. The second kappa shape index (κ2) is 5.82. The number of nitrogens with zero attached hydrogens (tertiary/aromatic N) is 1. The van der Waals surface area contributed by atoms with Crippen LogP contribution in [-0.2, 0) is 4.79 Å². The molecule has 1 aromatic rings. The molecule has 0 bridgehead atoms. The van der Waals surface area contributed by atoms with Gasteiger partial charge >= 0.3 is 5.97 Å². The van der Waals surface area contributed by atoms with Crippen LogP contribution >= 0.6 is 0 Å². The van der Waals surface area contributed by atoms with Gasteiger partial charge in [-0.3, -0.25) is 9.69 Å². The van der Waals surface area contributed by atoms with Gasteiger partial charge in [-0.1, -0.05) is 12.1 Å². The van der Waals surface area contributed by atoms with E-state index in [9.17, 15) is 9.18 Å². The monoisotopic (exact) mass is 255 g/mol. The highest BCUT2D eigenvalue weighted by atomic mass is 19.1. The zero-order valence-electron chi connectivity index (χ0n) is 10.8. The Morgan fingerprint density at radius 1 is 1.44 bits per heavy atom. The molecule has 1 aromatic carbocycles. The lowest BCUT2D eigenvalue weighted by Crippen LogP contribution is -2.49. The molecule has 1 N–H and O–H groups in total. The Morgan fingerprint density at radius 2 is 2.06 bits per heavy atom. The Hall–Kier alpha value is -1.62. The first kappa shape index (κ1) is 14.4. The van der Waals surface area contributed by atoms with Crippen molar-refractivity contribution in [2.24, 2.45) is 0 Å². The number of halogens is 1. The van der Waals surface area contributed by atoms with Crippen LogP contribution in [0.5, 0.6) is 5.75 Å². The van der Waals surface area contributed by atoms with Crippen molar-refractivity contribution in [1.29, 1.82) is 0 Å². The first-order valence-corrected chi connectivity index (χ1v) is 5.67. The van der Waals surface area contributed by atoms with E-state index in [0.29, 0.717) is 6.54 Å². The van der Waals surface area contributed by atoms with Gasteiger partial charge in [-0.05, 0) is 33.0 Å². The molecule has 0 saturated heterocycles. The molecular formula is C13H18FNO3.